The van der Waals surface area contributed by atoms with Crippen molar-refractivity contribution < 1.29 is 0 Å². The van der Waals surface area contributed by atoms with Crippen LogP contribution in [-0.2, 0) is 13.0 Å². The predicted molar refractivity (Wildman–Crippen MR) is 92.3 cm³/mol. The number of nitrogens with one attached hydrogen (secondary N) is 1. The van der Waals surface area contributed by atoms with Crippen molar-refractivity contribution in [2.24, 2.45) is 5.92 Å². The Bertz CT molecular complexity index is 610. The van der Waals surface area contributed by atoms with Crippen molar-refractivity contribution in [1.29, 1.82) is 0 Å². The Kier molecular flexibility index (Phi) is 5.05. The first-order chi connectivity index (χ1) is 10.7. The van der Waals surface area contributed by atoms with Crippen molar-refractivity contribution in [2.75, 3.05) is 25.0 Å². The van der Waals surface area contributed by atoms with E-state index in [0.717, 1.165) is 31.9 Å². The molecular formula is C17H24N4S. The molecule has 1 N–H and O–H groups in total. The third kappa shape index (κ3) is 4.05. The van der Waals surface area contributed by atoms with Crippen LogP contribution in [0.3, 0.4) is 0 Å². The van der Waals surface area contributed by atoms with Gasteiger partial charge >= 0.3 is 0 Å². The number of likely N-dealkylation sites (tertiary alicyclic amines) is 1. The average Bonchev–Trinajstić information content (AvgIpc) is 3.15. The Morgan fingerprint density at radius 1 is 1.45 bits per heavy atom. The second kappa shape index (κ2) is 7.20. The lowest BCUT2D eigenvalue weighted by molar-refractivity contribution is 0.315. The van der Waals surface area contributed by atoms with E-state index in [2.05, 4.69) is 45.5 Å². The first kappa shape index (κ1) is 15.4. The average molecular weight is 316 g/mol. The first-order valence-corrected chi connectivity index (χ1v) is 8.93. The molecule has 4 nitrogen and oxygen atoms in total. The minimum absolute atomic E-state index is 0.701. The Morgan fingerprint density at radius 2 is 2.36 bits per heavy atom. The molecule has 1 fully saturated rings. The molecule has 0 amide bonds. The topological polar surface area (TPSA) is 41.1 Å². The van der Waals surface area contributed by atoms with E-state index >= 15 is 0 Å². The van der Waals surface area contributed by atoms with Crippen molar-refractivity contribution in [3.63, 3.8) is 0 Å². The summed E-state index contributed by atoms with van der Waals surface area (Å²) >= 11 is 1.78. The van der Waals surface area contributed by atoms with Gasteiger partial charge in [0.2, 0.25) is 0 Å². The maximum absolute atomic E-state index is 4.67. The lowest BCUT2D eigenvalue weighted by Crippen LogP contribution is -2.23. The van der Waals surface area contributed by atoms with Crippen molar-refractivity contribution >= 4 is 17.2 Å². The maximum atomic E-state index is 4.67. The molecule has 1 unspecified atom stereocenters. The van der Waals surface area contributed by atoms with E-state index < -0.39 is 0 Å². The minimum Gasteiger partial charge on any atom is -0.370 e. The van der Waals surface area contributed by atoms with Gasteiger partial charge in [-0.15, -0.1) is 11.3 Å². The Morgan fingerprint density at radius 3 is 3.14 bits per heavy atom. The lowest BCUT2D eigenvalue weighted by Gasteiger charge is -2.15. The highest BCUT2D eigenvalue weighted by atomic mass is 32.1. The number of anilines is 1. The third-order valence-electron chi connectivity index (χ3n) is 4.14. The number of nitrogens with zero attached hydrogens (tertiary/aromatic N) is 3. The fourth-order valence-corrected chi connectivity index (χ4v) is 3.65. The molecule has 2 aromatic heterocycles. The molecule has 0 saturated carbocycles. The molecule has 0 spiro atoms. The zero-order valence-corrected chi connectivity index (χ0v) is 14.2. The fraction of sp³-hybridized carbons (Fsp3) is 0.529. The van der Waals surface area contributed by atoms with E-state index in [1.807, 2.05) is 12.3 Å². The highest BCUT2D eigenvalue weighted by Gasteiger charge is 2.22. The summed E-state index contributed by atoms with van der Waals surface area (Å²) in [5, 5.41) is 6.93. The van der Waals surface area contributed by atoms with Crippen molar-refractivity contribution in [2.45, 2.75) is 33.2 Å². The largest absolute Gasteiger partial charge is 0.370 e. The molecule has 0 radical (unpaired) electrons. The first-order valence-electron chi connectivity index (χ1n) is 8.05. The summed E-state index contributed by atoms with van der Waals surface area (Å²) < 4.78 is 0. The maximum Gasteiger partial charge on any atom is 0.126 e. The van der Waals surface area contributed by atoms with E-state index in [1.54, 1.807) is 11.3 Å². The lowest BCUT2D eigenvalue weighted by atomic mass is 10.1. The summed E-state index contributed by atoms with van der Waals surface area (Å²) in [7, 11) is 0. The van der Waals surface area contributed by atoms with Crippen LogP contribution in [0.5, 0.6) is 0 Å². The van der Waals surface area contributed by atoms with Gasteiger partial charge in [-0.05, 0) is 49.9 Å². The third-order valence-corrected chi connectivity index (χ3v) is 5.19. The van der Waals surface area contributed by atoms with E-state index in [9.17, 15) is 0 Å². The molecule has 3 heterocycles. The van der Waals surface area contributed by atoms with E-state index in [4.69, 9.17) is 0 Å². The van der Waals surface area contributed by atoms with E-state index in [0.29, 0.717) is 5.92 Å². The number of rotatable bonds is 6. The molecular weight excluding hydrogens is 292 g/mol. The van der Waals surface area contributed by atoms with Gasteiger partial charge in [-0.25, -0.2) is 9.97 Å². The summed E-state index contributed by atoms with van der Waals surface area (Å²) in [5.41, 5.74) is 2.48. The van der Waals surface area contributed by atoms with Gasteiger partial charge in [0.05, 0.1) is 10.7 Å². The Balaban J connectivity index is 1.46. The molecule has 0 aliphatic carbocycles. The van der Waals surface area contributed by atoms with Crippen molar-refractivity contribution in [1.82, 2.24) is 14.9 Å². The van der Waals surface area contributed by atoms with E-state index in [1.165, 1.54) is 29.2 Å². The highest BCUT2D eigenvalue weighted by Crippen LogP contribution is 2.20. The molecule has 1 saturated heterocycles. The summed E-state index contributed by atoms with van der Waals surface area (Å²) in [5.74, 6) is 1.69. The Hall–Kier alpha value is -1.46. The van der Waals surface area contributed by atoms with Crippen molar-refractivity contribution in [3.05, 3.63) is 40.0 Å². The normalized spacial score (nSPS) is 18.7. The molecule has 0 aromatic carbocycles. The second-order valence-electron chi connectivity index (χ2n) is 6.08. The highest BCUT2D eigenvalue weighted by molar-refractivity contribution is 7.09. The van der Waals surface area contributed by atoms with Crippen LogP contribution >= 0.6 is 11.3 Å². The number of aryl methyl sites for hydroxylation is 2. The molecule has 22 heavy (non-hydrogen) atoms. The van der Waals surface area contributed by atoms with Gasteiger partial charge in [-0.2, -0.15) is 0 Å². The number of hydrogen-bond acceptors (Lipinski definition) is 5. The van der Waals surface area contributed by atoms with Gasteiger partial charge in [-0.1, -0.05) is 6.92 Å². The molecule has 0 bridgehead atoms. The van der Waals surface area contributed by atoms with Gasteiger partial charge in [0, 0.05) is 31.2 Å². The zero-order valence-electron chi connectivity index (χ0n) is 13.4. The molecule has 5 heteroatoms. The zero-order chi connectivity index (χ0) is 15.4. The van der Waals surface area contributed by atoms with Crippen LogP contribution in [-0.4, -0.2) is 34.5 Å². The summed E-state index contributed by atoms with van der Waals surface area (Å²) in [6, 6.07) is 4.13. The molecule has 118 valence electrons. The van der Waals surface area contributed by atoms with Gasteiger partial charge < -0.3 is 5.32 Å². The summed E-state index contributed by atoms with van der Waals surface area (Å²) in [6.07, 6.45) is 4.16. The van der Waals surface area contributed by atoms with Crippen LogP contribution in [0.25, 0.3) is 0 Å². The van der Waals surface area contributed by atoms with Crippen molar-refractivity contribution in [3.8, 4) is 0 Å². The smallest absolute Gasteiger partial charge is 0.126 e. The van der Waals surface area contributed by atoms with Gasteiger partial charge in [0.25, 0.3) is 0 Å². The summed E-state index contributed by atoms with van der Waals surface area (Å²) in [4.78, 5) is 11.6. The van der Waals surface area contributed by atoms with Crippen LogP contribution in [0.15, 0.2) is 23.7 Å². The van der Waals surface area contributed by atoms with Crippen LogP contribution < -0.4 is 5.32 Å². The fourth-order valence-electron chi connectivity index (χ4n) is 2.92. The van der Waals surface area contributed by atoms with Crippen LogP contribution in [0, 0.1) is 12.8 Å². The quantitative estimate of drug-likeness (QED) is 0.887. The van der Waals surface area contributed by atoms with Crippen LogP contribution in [0.2, 0.25) is 0 Å². The predicted octanol–water partition coefficient (Wildman–Crippen LogP) is 3.34. The SMILES string of the molecule is CCc1nc(CN2CCC(CNc3cc(C)ccn3)C2)cs1. The monoisotopic (exact) mass is 316 g/mol. The van der Waals surface area contributed by atoms with Gasteiger partial charge in [0.15, 0.2) is 0 Å². The molecule has 1 aliphatic heterocycles. The van der Waals surface area contributed by atoms with Gasteiger partial charge in [0.1, 0.15) is 5.82 Å². The summed E-state index contributed by atoms with van der Waals surface area (Å²) in [6.45, 7) is 8.59. The van der Waals surface area contributed by atoms with Gasteiger partial charge in [-0.3, -0.25) is 4.90 Å². The standard InChI is InChI=1S/C17H24N4S/c1-3-17-20-15(12-22-17)11-21-7-5-14(10-21)9-19-16-8-13(2)4-6-18-16/h4,6,8,12,14H,3,5,7,9-11H2,1-2H3,(H,18,19). The molecule has 1 atom stereocenters. The van der Waals surface area contributed by atoms with E-state index in [-0.39, 0.29) is 0 Å². The van der Waals surface area contributed by atoms with Crippen LogP contribution in [0.1, 0.15) is 29.6 Å². The molecule has 3 rings (SSSR count). The van der Waals surface area contributed by atoms with Crippen LogP contribution in [0.4, 0.5) is 5.82 Å². The number of thiazole rings is 1. The minimum atomic E-state index is 0.701. The second-order valence-corrected chi connectivity index (χ2v) is 7.02. The number of pyridine rings is 1. The number of hydrogen-bond donors (Lipinski definition) is 1. The Labute approximate surface area is 136 Å². The molecule has 1 aliphatic rings. The number of aromatic nitrogens is 2. The molecule has 2 aromatic rings.